The lowest BCUT2D eigenvalue weighted by atomic mass is 10.1. The SMILES string of the molecule is N#Cc1cc2c(nc1N1CCC(Nc3cc(C(F)(F)F)ncn3)C1)CCOC2. The number of ether oxygens (including phenoxy) is 1. The lowest BCUT2D eigenvalue weighted by molar-refractivity contribution is -0.141. The number of alkyl halides is 3. The molecule has 2 aliphatic rings. The average molecular weight is 390 g/mol. The number of nitriles is 1. The minimum Gasteiger partial charge on any atom is -0.376 e. The molecule has 0 aliphatic carbocycles. The maximum atomic E-state index is 12.8. The van der Waals surface area contributed by atoms with Gasteiger partial charge in [0.2, 0.25) is 0 Å². The lowest BCUT2D eigenvalue weighted by Crippen LogP contribution is -2.28. The Hall–Kier alpha value is -2.93. The molecule has 1 unspecified atom stereocenters. The highest BCUT2D eigenvalue weighted by Crippen LogP contribution is 2.30. The first-order chi connectivity index (χ1) is 13.4. The zero-order valence-corrected chi connectivity index (χ0v) is 14.8. The summed E-state index contributed by atoms with van der Waals surface area (Å²) < 4.78 is 43.8. The Morgan fingerprint density at radius 1 is 1.29 bits per heavy atom. The second kappa shape index (κ2) is 7.24. The molecule has 0 aromatic carbocycles. The molecule has 1 atom stereocenters. The fraction of sp³-hybridized carbons (Fsp3) is 0.444. The molecular weight excluding hydrogens is 373 g/mol. The van der Waals surface area contributed by atoms with Crippen LogP contribution in [0.3, 0.4) is 0 Å². The molecule has 0 saturated carbocycles. The molecule has 28 heavy (non-hydrogen) atoms. The van der Waals surface area contributed by atoms with Crippen molar-refractivity contribution >= 4 is 11.6 Å². The van der Waals surface area contributed by atoms with Gasteiger partial charge in [-0.2, -0.15) is 18.4 Å². The maximum Gasteiger partial charge on any atom is 0.433 e. The van der Waals surface area contributed by atoms with E-state index in [0.717, 1.165) is 23.7 Å². The predicted octanol–water partition coefficient (Wildman–Crippen LogP) is 2.53. The van der Waals surface area contributed by atoms with Gasteiger partial charge >= 0.3 is 6.18 Å². The van der Waals surface area contributed by atoms with Gasteiger partial charge in [0.25, 0.3) is 0 Å². The molecule has 1 fully saturated rings. The fourth-order valence-electron chi connectivity index (χ4n) is 3.47. The van der Waals surface area contributed by atoms with Crippen LogP contribution in [-0.4, -0.2) is 40.7 Å². The first-order valence-corrected chi connectivity index (χ1v) is 8.85. The minimum atomic E-state index is -4.51. The van der Waals surface area contributed by atoms with Gasteiger partial charge in [0, 0.05) is 37.2 Å². The van der Waals surface area contributed by atoms with Crippen LogP contribution in [0.25, 0.3) is 0 Å². The molecule has 4 heterocycles. The number of halogens is 3. The quantitative estimate of drug-likeness (QED) is 0.862. The predicted molar refractivity (Wildman–Crippen MR) is 93.6 cm³/mol. The topological polar surface area (TPSA) is 87.0 Å². The molecular formula is C18H17F3N6O. The number of aromatic nitrogens is 3. The molecule has 4 rings (SSSR count). The van der Waals surface area contributed by atoms with Crippen molar-refractivity contribution in [2.24, 2.45) is 0 Å². The van der Waals surface area contributed by atoms with Crippen LogP contribution in [0.5, 0.6) is 0 Å². The van der Waals surface area contributed by atoms with E-state index in [4.69, 9.17) is 4.74 Å². The molecule has 146 valence electrons. The van der Waals surface area contributed by atoms with Crippen molar-refractivity contribution in [1.29, 1.82) is 5.26 Å². The summed E-state index contributed by atoms with van der Waals surface area (Å²) in [6, 6.07) is 4.80. The van der Waals surface area contributed by atoms with E-state index in [1.54, 1.807) is 0 Å². The van der Waals surface area contributed by atoms with E-state index in [1.165, 1.54) is 0 Å². The number of rotatable bonds is 3. The van der Waals surface area contributed by atoms with Crippen LogP contribution in [0.1, 0.15) is 28.9 Å². The van der Waals surface area contributed by atoms with E-state index in [2.05, 4.69) is 26.3 Å². The van der Waals surface area contributed by atoms with Crippen LogP contribution in [0, 0.1) is 11.3 Å². The first kappa shape index (κ1) is 18.4. The Balaban J connectivity index is 1.50. The van der Waals surface area contributed by atoms with E-state index in [-0.39, 0.29) is 11.9 Å². The number of nitrogens with one attached hydrogen (secondary N) is 1. The summed E-state index contributed by atoms with van der Waals surface area (Å²) in [4.78, 5) is 13.8. The Labute approximate surface area is 159 Å². The molecule has 1 saturated heterocycles. The van der Waals surface area contributed by atoms with Gasteiger partial charge in [-0.3, -0.25) is 0 Å². The zero-order chi connectivity index (χ0) is 19.7. The van der Waals surface area contributed by atoms with E-state index >= 15 is 0 Å². The van der Waals surface area contributed by atoms with Gasteiger partial charge in [0.15, 0.2) is 0 Å². The van der Waals surface area contributed by atoms with Gasteiger partial charge in [0.1, 0.15) is 29.7 Å². The van der Waals surface area contributed by atoms with Crippen molar-refractivity contribution < 1.29 is 17.9 Å². The lowest BCUT2D eigenvalue weighted by Gasteiger charge is -2.23. The van der Waals surface area contributed by atoms with Gasteiger partial charge in [-0.25, -0.2) is 15.0 Å². The van der Waals surface area contributed by atoms with Crippen LogP contribution in [0.4, 0.5) is 24.8 Å². The Bertz CT molecular complexity index is 927. The number of fused-ring (bicyclic) bond motifs is 1. The van der Waals surface area contributed by atoms with E-state index in [9.17, 15) is 18.4 Å². The highest BCUT2D eigenvalue weighted by molar-refractivity contribution is 5.57. The van der Waals surface area contributed by atoms with E-state index < -0.39 is 11.9 Å². The van der Waals surface area contributed by atoms with Crippen molar-refractivity contribution in [1.82, 2.24) is 15.0 Å². The van der Waals surface area contributed by atoms with Crippen LogP contribution < -0.4 is 10.2 Å². The maximum absolute atomic E-state index is 12.8. The third kappa shape index (κ3) is 3.71. The molecule has 1 N–H and O–H groups in total. The van der Waals surface area contributed by atoms with Crippen molar-refractivity contribution in [2.75, 3.05) is 29.9 Å². The van der Waals surface area contributed by atoms with Gasteiger partial charge < -0.3 is 15.0 Å². The molecule has 0 spiro atoms. The summed E-state index contributed by atoms with van der Waals surface area (Å²) in [5, 5.41) is 12.5. The third-order valence-corrected chi connectivity index (χ3v) is 4.83. The second-order valence-electron chi connectivity index (χ2n) is 6.74. The third-order valence-electron chi connectivity index (χ3n) is 4.83. The Morgan fingerprint density at radius 2 is 2.14 bits per heavy atom. The van der Waals surface area contributed by atoms with Gasteiger partial charge in [0.05, 0.1) is 24.5 Å². The summed E-state index contributed by atoms with van der Waals surface area (Å²) in [6.07, 6.45) is -2.22. The monoisotopic (exact) mass is 390 g/mol. The number of pyridine rings is 1. The highest BCUT2D eigenvalue weighted by atomic mass is 19.4. The fourth-order valence-corrected chi connectivity index (χ4v) is 3.47. The standard InChI is InChI=1S/C18H17F3N6O/c19-18(20,21)15-6-16(24-10-23-15)25-13-1-3-27(8-13)17-11(7-22)5-12-9-28-4-2-14(12)26-17/h5-6,10,13H,1-4,8-9H2,(H,23,24,25). The summed E-state index contributed by atoms with van der Waals surface area (Å²) in [5.41, 5.74) is 1.36. The summed E-state index contributed by atoms with van der Waals surface area (Å²) in [7, 11) is 0. The smallest absolute Gasteiger partial charge is 0.376 e. The largest absolute Gasteiger partial charge is 0.433 e. The molecule has 0 amide bonds. The van der Waals surface area contributed by atoms with Crippen LogP contribution in [0.2, 0.25) is 0 Å². The zero-order valence-electron chi connectivity index (χ0n) is 14.8. The van der Waals surface area contributed by atoms with Gasteiger partial charge in [-0.05, 0) is 12.5 Å². The Kier molecular flexibility index (Phi) is 4.77. The number of hydrogen-bond acceptors (Lipinski definition) is 7. The average Bonchev–Trinajstić information content (AvgIpc) is 3.14. The number of nitrogens with zero attached hydrogens (tertiary/aromatic N) is 5. The van der Waals surface area contributed by atoms with Gasteiger partial charge in [-0.1, -0.05) is 0 Å². The van der Waals surface area contributed by atoms with Crippen LogP contribution in [0.15, 0.2) is 18.5 Å². The van der Waals surface area contributed by atoms with Crippen LogP contribution >= 0.6 is 0 Å². The molecule has 0 radical (unpaired) electrons. The molecule has 2 aromatic heterocycles. The summed E-state index contributed by atoms with van der Waals surface area (Å²) in [5.74, 6) is 0.747. The van der Waals surface area contributed by atoms with Crippen LogP contribution in [-0.2, 0) is 23.9 Å². The van der Waals surface area contributed by atoms with Crippen molar-refractivity contribution in [3.63, 3.8) is 0 Å². The van der Waals surface area contributed by atoms with Crippen molar-refractivity contribution in [3.8, 4) is 6.07 Å². The molecule has 10 heteroatoms. The van der Waals surface area contributed by atoms with Gasteiger partial charge in [-0.15, -0.1) is 0 Å². The van der Waals surface area contributed by atoms with E-state index in [0.29, 0.717) is 50.5 Å². The Morgan fingerprint density at radius 3 is 2.93 bits per heavy atom. The second-order valence-corrected chi connectivity index (χ2v) is 6.74. The normalized spacial score (nSPS) is 19.2. The van der Waals surface area contributed by atoms with Crippen molar-refractivity contribution in [3.05, 3.63) is 41.0 Å². The van der Waals surface area contributed by atoms with Crippen molar-refractivity contribution in [2.45, 2.75) is 31.7 Å². The summed E-state index contributed by atoms with van der Waals surface area (Å²) in [6.45, 7) is 2.22. The number of hydrogen-bond donors (Lipinski definition) is 1. The molecule has 7 nitrogen and oxygen atoms in total. The summed E-state index contributed by atoms with van der Waals surface area (Å²) >= 11 is 0. The molecule has 2 aromatic rings. The molecule has 0 bridgehead atoms. The number of anilines is 2. The first-order valence-electron chi connectivity index (χ1n) is 8.85. The van der Waals surface area contributed by atoms with E-state index in [1.807, 2.05) is 11.0 Å². The minimum absolute atomic E-state index is 0.108. The highest BCUT2D eigenvalue weighted by Gasteiger charge is 2.33. The molecule has 2 aliphatic heterocycles.